The second-order valence-electron chi connectivity index (χ2n) is 4.69. The van der Waals surface area contributed by atoms with E-state index in [2.05, 4.69) is 10.3 Å². The Kier molecular flexibility index (Phi) is 6.15. The average molecular weight is 324 g/mol. The van der Waals surface area contributed by atoms with E-state index in [1.807, 2.05) is 0 Å². The van der Waals surface area contributed by atoms with Crippen molar-refractivity contribution in [2.24, 2.45) is 0 Å². The molecule has 0 saturated heterocycles. The molecular formula is C13H19F3N2O2S. The number of aromatic nitrogens is 1. The maximum absolute atomic E-state index is 12.5. The highest BCUT2D eigenvalue weighted by molar-refractivity contribution is 7.91. The minimum atomic E-state index is -4.41. The molecule has 1 N–H and O–H groups in total. The molecule has 0 amide bonds. The quantitative estimate of drug-likeness (QED) is 0.837. The first-order chi connectivity index (χ1) is 9.69. The van der Waals surface area contributed by atoms with Crippen LogP contribution in [0.5, 0.6) is 0 Å². The van der Waals surface area contributed by atoms with Crippen molar-refractivity contribution >= 4 is 9.84 Å². The molecular weight excluding hydrogens is 305 g/mol. The summed E-state index contributed by atoms with van der Waals surface area (Å²) in [6.07, 6.45) is -2.68. The van der Waals surface area contributed by atoms with Gasteiger partial charge in [0.25, 0.3) is 0 Å². The highest BCUT2D eigenvalue weighted by Gasteiger charge is 2.30. The smallest absolute Gasteiger partial charge is 0.312 e. The van der Waals surface area contributed by atoms with Crippen molar-refractivity contribution in [3.05, 3.63) is 29.6 Å². The van der Waals surface area contributed by atoms with Crippen molar-refractivity contribution in [3.63, 3.8) is 0 Å². The van der Waals surface area contributed by atoms with Gasteiger partial charge in [0.2, 0.25) is 0 Å². The van der Waals surface area contributed by atoms with E-state index in [4.69, 9.17) is 0 Å². The maximum Gasteiger partial charge on any atom is 0.417 e. The summed E-state index contributed by atoms with van der Waals surface area (Å²) in [5.74, 6) is 0.165. The molecule has 0 bridgehead atoms. The van der Waals surface area contributed by atoms with Crippen LogP contribution >= 0.6 is 0 Å². The van der Waals surface area contributed by atoms with E-state index in [1.165, 1.54) is 6.07 Å². The maximum atomic E-state index is 12.5. The van der Waals surface area contributed by atoms with E-state index < -0.39 is 21.6 Å². The number of sulfone groups is 1. The molecule has 1 aromatic rings. The average Bonchev–Trinajstić information content (AvgIpc) is 2.43. The number of halogens is 3. The van der Waals surface area contributed by atoms with Gasteiger partial charge in [-0.2, -0.15) is 13.2 Å². The Morgan fingerprint density at radius 1 is 1.33 bits per heavy atom. The summed E-state index contributed by atoms with van der Waals surface area (Å²) < 4.78 is 60.2. The van der Waals surface area contributed by atoms with Gasteiger partial charge in [0.05, 0.1) is 17.0 Å². The van der Waals surface area contributed by atoms with E-state index in [0.29, 0.717) is 18.5 Å². The summed E-state index contributed by atoms with van der Waals surface area (Å²) in [5, 5.41) is 2.94. The van der Waals surface area contributed by atoms with Gasteiger partial charge in [-0.15, -0.1) is 0 Å². The summed E-state index contributed by atoms with van der Waals surface area (Å²) in [6, 6.07) is 2.03. The van der Waals surface area contributed by atoms with Gasteiger partial charge in [0.15, 0.2) is 0 Å². The topological polar surface area (TPSA) is 59.1 Å². The molecule has 8 heteroatoms. The largest absolute Gasteiger partial charge is 0.417 e. The first kappa shape index (κ1) is 17.9. The second-order valence-corrected chi connectivity index (χ2v) is 7.16. The monoisotopic (exact) mass is 324 g/mol. The Bertz CT molecular complexity index is 542. The number of alkyl halides is 3. The van der Waals surface area contributed by atoms with E-state index in [0.717, 1.165) is 12.3 Å². The molecule has 1 atom stereocenters. The zero-order valence-electron chi connectivity index (χ0n) is 11.9. The van der Waals surface area contributed by atoms with Gasteiger partial charge in [-0.3, -0.25) is 4.98 Å². The van der Waals surface area contributed by atoms with Crippen LogP contribution in [0.2, 0.25) is 0 Å². The van der Waals surface area contributed by atoms with Crippen LogP contribution in [0, 0.1) is 0 Å². The van der Waals surface area contributed by atoms with Crippen molar-refractivity contribution in [2.75, 3.05) is 18.6 Å². The van der Waals surface area contributed by atoms with Gasteiger partial charge >= 0.3 is 6.18 Å². The predicted octanol–water partition coefficient (Wildman–Crippen LogP) is 2.58. The SMILES string of the molecule is CCS(=O)(=O)CCCC(NC)c1ccc(C(F)(F)F)cn1. The fraction of sp³-hybridized carbons (Fsp3) is 0.615. The molecule has 4 nitrogen and oxygen atoms in total. The van der Waals surface area contributed by atoms with E-state index in [9.17, 15) is 21.6 Å². The number of pyridine rings is 1. The molecule has 0 fully saturated rings. The lowest BCUT2D eigenvalue weighted by atomic mass is 10.1. The standard InChI is InChI=1S/C13H19F3N2O2S/c1-3-21(19,20)8-4-5-11(17-2)12-7-6-10(9-18-12)13(14,15)16/h6-7,9,11,17H,3-5,8H2,1-2H3. The van der Waals surface area contributed by atoms with Crippen LogP contribution in [0.15, 0.2) is 18.3 Å². The highest BCUT2D eigenvalue weighted by atomic mass is 32.2. The fourth-order valence-electron chi connectivity index (χ4n) is 1.87. The normalized spacial score (nSPS) is 14.1. The number of hydrogen-bond donors (Lipinski definition) is 1. The summed E-state index contributed by atoms with van der Waals surface area (Å²) in [7, 11) is -1.36. The lowest BCUT2D eigenvalue weighted by Gasteiger charge is -2.16. The van der Waals surface area contributed by atoms with Gasteiger partial charge in [-0.1, -0.05) is 6.92 Å². The Morgan fingerprint density at radius 2 is 2.00 bits per heavy atom. The Morgan fingerprint density at radius 3 is 2.43 bits per heavy atom. The molecule has 0 aliphatic rings. The van der Waals surface area contributed by atoms with Crippen molar-refractivity contribution in [3.8, 4) is 0 Å². The van der Waals surface area contributed by atoms with Crippen LogP contribution in [0.4, 0.5) is 13.2 Å². The van der Waals surface area contributed by atoms with Crippen molar-refractivity contribution < 1.29 is 21.6 Å². The van der Waals surface area contributed by atoms with Gasteiger partial charge in [0, 0.05) is 18.0 Å². The molecule has 21 heavy (non-hydrogen) atoms. The third-order valence-electron chi connectivity index (χ3n) is 3.21. The molecule has 120 valence electrons. The Balaban J connectivity index is 2.68. The van der Waals surface area contributed by atoms with Crippen LogP contribution in [0.1, 0.15) is 37.1 Å². The fourth-order valence-corrected chi connectivity index (χ4v) is 2.77. The minimum Gasteiger partial charge on any atom is -0.312 e. The van der Waals surface area contributed by atoms with Crippen LogP contribution < -0.4 is 5.32 Å². The number of rotatable bonds is 7. The molecule has 1 unspecified atom stereocenters. The van der Waals surface area contributed by atoms with Crippen LogP contribution in [0.3, 0.4) is 0 Å². The van der Waals surface area contributed by atoms with Crippen LogP contribution in [-0.4, -0.2) is 32.0 Å². The molecule has 0 radical (unpaired) electrons. The zero-order chi connectivity index (χ0) is 16.1. The molecule has 1 aromatic heterocycles. The summed E-state index contributed by atoms with van der Waals surface area (Å²) in [4.78, 5) is 3.82. The molecule has 1 heterocycles. The molecule has 0 aromatic carbocycles. The molecule has 0 saturated carbocycles. The molecule has 0 aliphatic carbocycles. The molecule has 0 aliphatic heterocycles. The lowest BCUT2D eigenvalue weighted by Crippen LogP contribution is -2.19. The lowest BCUT2D eigenvalue weighted by molar-refractivity contribution is -0.137. The van der Waals surface area contributed by atoms with Crippen molar-refractivity contribution in [1.82, 2.24) is 10.3 Å². The minimum absolute atomic E-state index is 0.0717. The summed E-state index contributed by atoms with van der Waals surface area (Å²) in [5.41, 5.74) is -0.325. The highest BCUT2D eigenvalue weighted by Crippen LogP contribution is 2.29. The third kappa shape index (κ3) is 5.62. The van der Waals surface area contributed by atoms with E-state index in [-0.39, 0.29) is 17.5 Å². The molecule has 1 rings (SSSR count). The van der Waals surface area contributed by atoms with Gasteiger partial charge in [-0.05, 0) is 32.0 Å². The second kappa shape index (κ2) is 7.22. The number of nitrogens with one attached hydrogen (secondary N) is 1. The predicted molar refractivity (Wildman–Crippen MR) is 74.6 cm³/mol. The zero-order valence-corrected chi connectivity index (χ0v) is 12.8. The summed E-state index contributed by atoms with van der Waals surface area (Å²) >= 11 is 0. The van der Waals surface area contributed by atoms with E-state index >= 15 is 0 Å². The van der Waals surface area contributed by atoms with Gasteiger partial charge < -0.3 is 5.32 Å². The van der Waals surface area contributed by atoms with E-state index in [1.54, 1.807) is 14.0 Å². The number of nitrogens with zero attached hydrogens (tertiary/aromatic N) is 1. The van der Waals surface area contributed by atoms with Crippen LogP contribution in [-0.2, 0) is 16.0 Å². The third-order valence-corrected chi connectivity index (χ3v) is 5.00. The summed E-state index contributed by atoms with van der Waals surface area (Å²) in [6.45, 7) is 1.59. The van der Waals surface area contributed by atoms with Gasteiger partial charge in [-0.25, -0.2) is 8.42 Å². The van der Waals surface area contributed by atoms with Crippen molar-refractivity contribution in [1.29, 1.82) is 0 Å². The van der Waals surface area contributed by atoms with Crippen molar-refractivity contribution in [2.45, 2.75) is 32.0 Å². The Labute approximate surface area is 122 Å². The first-order valence-corrected chi connectivity index (χ1v) is 8.42. The van der Waals surface area contributed by atoms with Gasteiger partial charge in [0.1, 0.15) is 9.84 Å². The Hall–Kier alpha value is -1.15. The first-order valence-electron chi connectivity index (χ1n) is 6.60. The van der Waals surface area contributed by atoms with Crippen LogP contribution in [0.25, 0.3) is 0 Å². The molecule has 0 spiro atoms. The number of hydrogen-bond acceptors (Lipinski definition) is 4.